The number of anilines is 1. The number of rotatable bonds is 10. The number of hydrogen-bond donors (Lipinski definition) is 2. The normalized spacial score (nSPS) is 12.8. The van der Waals surface area contributed by atoms with E-state index in [0.717, 1.165) is 30.3 Å². The Labute approximate surface area is 249 Å². The van der Waals surface area contributed by atoms with Gasteiger partial charge in [-0.15, -0.1) is 0 Å². The number of carboxylic acid groups (broad SMARTS) is 1. The van der Waals surface area contributed by atoms with E-state index in [-0.39, 0.29) is 17.9 Å². The van der Waals surface area contributed by atoms with E-state index in [1.54, 1.807) is 0 Å². The van der Waals surface area contributed by atoms with Gasteiger partial charge in [-0.1, -0.05) is 18.2 Å². The molecule has 45 heavy (non-hydrogen) atoms. The first-order chi connectivity index (χ1) is 21.0. The number of ether oxygens (including phenoxy) is 3. The highest BCUT2D eigenvalue weighted by Gasteiger charge is 2.42. The summed E-state index contributed by atoms with van der Waals surface area (Å²) in [5.74, 6) is -7.75. The molecule has 1 amide bonds. The van der Waals surface area contributed by atoms with Gasteiger partial charge in [-0.3, -0.25) is 4.79 Å². The summed E-state index contributed by atoms with van der Waals surface area (Å²) in [6, 6.07) is 10.2. The van der Waals surface area contributed by atoms with E-state index in [1.165, 1.54) is 25.1 Å². The van der Waals surface area contributed by atoms with E-state index in [4.69, 9.17) is 14.2 Å². The van der Waals surface area contributed by atoms with E-state index in [2.05, 4.69) is 5.32 Å². The zero-order valence-corrected chi connectivity index (χ0v) is 22.8. The molecule has 0 radical (unpaired) electrons. The molecule has 2 atom stereocenters. The minimum atomic E-state index is -4.90. The van der Waals surface area contributed by atoms with Crippen molar-refractivity contribution in [3.8, 4) is 0 Å². The van der Waals surface area contributed by atoms with E-state index >= 15 is 0 Å². The summed E-state index contributed by atoms with van der Waals surface area (Å²) in [7, 11) is 0. The van der Waals surface area contributed by atoms with Gasteiger partial charge >= 0.3 is 36.2 Å². The van der Waals surface area contributed by atoms with Crippen molar-refractivity contribution in [2.75, 3.05) is 11.9 Å². The van der Waals surface area contributed by atoms with Crippen LogP contribution in [0.25, 0.3) is 0 Å². The number of benzene rings is 3. The van der Waals surface area contributed by atoms with Gasteiger partial charge in [0.25, 0.3) is 5.91 Å². The van der Waals surface area contributed by atoms with E-state index in [1.807, 2.05) is 0 Å². The SMILES string of the molecule is CCOC(=O)c1cccc(NC(=O)[C@@H](OC(=O)c2cccc(C(F)(F)F)c2)[C@H](OC(=O)c2cccc(C(F)(F)F)c2)C(=O)O)c1. The third kappa shape index (κ3) is 9.04. The first kappa shape index (κ1) is 34.1. The summed E-state index contributed by atoms with van der Waals surface area (Å²) in [5, 5.41) is 12.0. The van der Waals surface area contributed by atoms with Crippen LogP contribution in [0, 0.1) is 0 Å². The van der Waals surface area contributed by atoms with Crippen LogP contribution in [0.4, 0.5) is 32.0 Å². The van der Waals surface area contributed by atoms with Crippen molar-refractivity contribution in [1.82, 2.24) is 0 Å². The summed E-state index contributed by atoms with van der Waals surface area (Å²) >= 11 is 0. The maximum absolute atomic E-state index is 13.3. The highest BCUT2D eigenvalue weighted by Crippen LogP contribution is 2.31. The summed E-state index contributed by atoms with van der Waals surface area (Å²) in [5.41, 5.74) is -4.41. The molecule has 3 rings (SSSR count). The standard InChI is InChI=1S/C29H21F6NO9/c1-2-43-25(40)17-8-5-11-20(14-17)36-23(37)21(44-26(41)15-6-3-9-18(12-15)28(30,31)32)22(24(38)39)45-27(42)16-7-4-10-19(13-16)29(33,34)35/h3-14,21-22H,2H2,1H3,(H,36,37)(H,38,39)/t21-,22-/m0/s1. The second-order valence-electron chi connectivity index (χ2n) is 8.94. The number of carboxylic acids is 1. The maximum Gasteiger partial charge on any atom is 0.416 e. The van der Waals surface area contributed by atoms with Crippen molar-refractivity contribution in [2.45, 2.75) is 31.5 Å². The van der Waals surface area contributed by atoms with Crippen molar-refractivity contribution in [1.29, 1.82) is 0 Å². The molecule has 0 aliphatic heterocycles. The van der Waals surface area contributed by atoms with Crippen LogP contribution in [0.5, 0.6) is 0 Å². The number of hydrogen-bond acceptors (Lipinski definition) is 8. The largest absolute Gasteiger partial charge is 0.478 e. The van der Waals surface area contributed by atoms with Gasteiger partial charge < -0.3 is 24.6 Å². The lowest BCUT2D eigenvalue weighted by molar-refractivity contribution is -0.157. The Balaban J connectivity index is 1.99. The number of alkyl halides is 6. The third-order valence-electron chi connectivity index (χ3n) is 5.74. The predicted octanol–water partition coefficient (Wildman–Crippen LogP) is 5.38. The second kappa shape index (κ2) is 13.9. The summed E-state index contributed by atoms with van der Waals surface area (Å²) in [6.45, 7) is 1.53. The topological polar surface area (TPSA) is 145 Å². The first-order valence-corrected chi connectivity index (χ1v) is 12.6. The van der Waals surface area contributed by atoms with E-state index in [0.29, 0.717) is 24.3 Å². The number of halogens is 6. The minimum absolute atomic E-state index is 0.000518. The van der Waals surface area contributed by atoms with Crippen LogP contribution in [0.2, 0.25) is 0 Å². The van der Waals surface area contributed by atoms with Gasteiger partial charge in [0.15, 0.2) is 0 Å². The summed E-state index contributed by atoms with van der Waals surface area (Å²) < 4.78 is 93.6. The predicted molar refractivity (Wildman–Crippen MR) is 140 cm³/mol. The van der Waals surface area contributed by atoms with Gasteiger partial charge in [-0.2, -0.15) is 26.3 Å². The molecule has 0 bridgehead atoms. The number of carbonyl (C=O) groups excluding carboxylic acids is 4. The smallest absolute Gasteiger partial charge is 0.416 e. The number of aliphatic carboxylic acids is 1. The van der Waals surface area contributed by atoms with Crippen LogP contribution >= 0.6 is 0 Å². The lowest BCUT2D eigenvalue weighted by Crippen LogP contribution is -2.48. The molecule has 16 heteroatoms. The number of amides is 1. The fourth-order valence-electron chi connectivity index (χ4n) is 3.66. The molecular formula is C29H21F6NO9. The average molecular weight is 641 g/mol. The van der Waals surface area contributed by atoms with Gasteiger partial charge in [0.2, 0.25) is 12.2 Å². The fourth-order valence-corrected chi connectivity index (χ4v) is 3.66. The van der Waals surface area contributed by atoms with Crippen molar-refractivity contribution in [3.05, 3.63) is 101 Å². The van der Waals surface area contributed by atoms with Gasteiger partial charge in [0.1, 0.15) is 0 Å². The Morgan fingerprint density at radius 1 is 0.689 bits per heavy atom. The molecular weight excluding hydrogens is 620 g/mol. The fraction of sp³-hybridized carbons (Fsp3) is 0.207. The van der Waals surface area contributed by atoms with Crippen LogP contribution < -0.4 is 5.32 Å². The molecule has 0 unspecified atom stereocenters. The molecule has 0 aromatic heterocycles. The van der Waals surface area contributed by atoms with Crippen molar-refractivity contribution >= 4 is 35.5 Å². The molecule has 0 fully saturated rings. The molecule has 10 nitrogen and oxygen atoms in total. The quantitative estimate of drug-likeness (QED) is 0.169. The average Bonchev–Trinajstić information content (AvgIpc) is 2.98. The van der Waals surface area contributed by atoms with Crippen LogP contribution in [-0.2, 0) is 36.2 Å². The summed E-state index contributed by atoms with van der Waals surface area (Å²) in [6.07, 6.45) is -15.1. The third-order valence-corrected chi connectivity index (χ3v) is 5.74. The van der Waals surface area contributed by atoms with Crippen molar-refractivity contribution < 1.29 is 69.6 Å². The number of nitrogens with one attached hydrogen (secondary N) is 1. The van der Waals surface area contributed by atoms with Crippen molar-refractivity contribution in [3.63, 3.8) is 0 Å². The molecule has 3 aromatic rings. The lowest BCUT2D eigenvalue weighted by Gasteiger charge is -2.24. The number of carbonyl (C=O) groups is 5. The van der Waals surface area contributed by atoms with E-state index in [9.17, 15) is 55.4 Å². The molecule has 0 heterocycles. The lowest BCUT2D eigenvalue weighted by atomic mass is 10.1. The molecule has 3 aromatic carbocycles. The summed E-state index contributed by atoms with van der Waals surface area (Å²) in [4.78, 5) is 63.1. The zero-order valence-electron chi connectivity index (χ0n) is 22.8. The van der Waals surface area contributed by atoms with Crippen LogP contribution in [0.1, 0.15) is 49.1 Å². The molecule has 0 aliphatic carbocycles. The molecule has 0 spiro atoms. The van der Waals surface area contributed by atoms with Gasteiger partial charge in [-0.05, 0) is 61.5 Å². The number of esters is 3. The van der Waals surface area contributed by atoms with Crippen molar-refractivity contribution in [2.24, 2.45) is 0 Å². The Morgan fingerprint density at radius 2 is 1.13 bits per heavy atom. The molecule has 238 valence electrons. The Bertz CT molecular complexity index is 1600. The molecule has 0 saturated carbocycles. The van der Waals surface area contributed by atoms with Crippen LogP contribution in [0.3, 0.4) is 0 Å². The highest BCUT2D eigenvalue weighted by atomic mass is 19.4. The zero-order chi connectivity index (χ0) is 33.5. The van der Waals surface area contributed by atoms with Gasteiger partial charge in [0, 0.05) is 5.69 Å². The van der Waals surface area contributed by atoms with E-state index < -0.39 is 76.6 Å². The minimum Gasteiger partial charge on any atom is -0.478 e. The Kier molecular flexibility index (Phi) is 10.5. The van der Waals surface area contributed by atoms with Gasteiger partial charge in [-0.25, -0.2) is 19.2 Å². The maximum atomic E-state index is 13.3. The Morgan fingerprint density at radius 3 is 1.58 bits per heavy atom. The second-order valence-corrected chi connectivity index (χ2v) is 8.94. The monoisotopic (exact) mass is 641 g/mol. The molecule has 0 aliphatic rings. The molecule has 2 N–H and O–H groups in total. The van der Waals surface area contributed by atoms with Gasteiger partial charge in [0.05, 0.1) is 34.4 Å². The highest BCUT2D eigenvalue weighted by molar-refractivity contribution is 6.02. The van der Waals surface area contributed by atoms with Crippen LogP contribution in [-0.4, -0.2) is 53.7 Å². The first-order valence-electron chi connectivity index (χ1n) is 12.6. The Hall–Kier alpha value is -5.41. The molecule has 0 saturated heterocycles. The van der Waals surface area contributed by atoms with Crippen LogP contribution in [0.15, 0.2) is 72.8 Å².